The van der Waals surface area contributed by atoms with E-state index in [0.717, 1.165) is 5.56 Å². The highest BCUT2D eigenvalue weighted by molar-refractivity contribution is 6.06. The van der Waals surface area contributed by atoms with Gasteiger partial charge in [-0.05, 0) is 23.0 Å². The van der Waals surface area contributed by atoms with Crippen molar-refractivity contribution in [3.05, 3.63) is 35.4 Å². The fourth-order valence-electron chi connectivity index (χ4n) is 2.52. The molecule has 20 heavy (non-hydrogen) atoms. The van der Waals surface area contributed by atoms with Crippen molar-refractivity contribution in [2.75, 3.05) is 6.54 Å². The molecule has 4 nitrogen and oxygen atoms in total. The third-order valence-corrected chi connectivity index (χ3v) is 3.57. The Labute approximate surface area is 120 Å². The zero-order valence-corrected chi connectivity index (χ0v) is 12.6. The molecule has 2 rings (SSSR count). The predicted octanol–water partition coefficient (Wildman–Crippen LogP) is 3.51. The quantitative estimate of drug-likeness (QED) is 0.866. The van der Waals surface area contributed by atoms with Gasteiger partial charge in [0, 0.05) is 6.54 Å². The van der Waals surface area contributed by atoms with Crippen LogP contribution in [0.2, 0.25) is 0 Å². The predicted molar refractivity (Wildman–Crippen MR) is 81.1 cm³/mol. The van der Waals surface area contributed by atoms with Crippen molar-refractivity contribution in [2.24, 2.45) is 5.92 Å². The smallest absolute Gasteiger partial charge is 0.310 e. The normalized spacial score (nSPS) is 19.1. The van der Waals surface area contributed by atoms with Gasteiger partial charge in [-0.3, -0.25) is 10.7 Å². The number of hydrogen-bond acceptors (Lipinski definition) is 2. The van der Waals surface area contributed by atoms with Crippen LogP contribution in [0, 0.1) is 11.3 Å². The highest BCUT2D eigenvalue weighted by Gasteiger charge is 2.36. The largest absolute Gasteiger partial charge is 0.323 e. The fourth-order valence-corrected chi connectivity index (χ4v) is 2.52. The number of rotatable bonds is 4. The number of amidine groups is 1. The first kappa shape index (κ1) is 14.6. The van der Waals surface area contributed by atoms with Gasteiger partial charge < -0.3 is 4.90 Å². The third-order valence-electron chi connectivity index (χ3n) is 3.57. The molecule has 1 aromatic rings. The molecule has 1 aromatic carbocycles. The van der Waals surface area contributed by atoms with Crippen molar-refractivity contribution in [3.8, 4) is 0 Å². The van der Waals surface area contributed by atoms with E-state index in [1.54, 1.807) is 4.90 Å². The van der Waals surface area contributed by atoms with Gasteiger partial charge in [0.25, 0.3) is 0 Å². The molecule has 0 radical (unpaired) electrons. The number of urea groups is 1. The first-order chi connectivity index (χ1) is 9.40. The molecular formula is C16H23N3O. The van der Waals surface area contributed by atoms with E-state index in [0.29, 0.717) is 18.4 Å². The SMILES string of the molecule is CC(C)CN1C(=O)NC(=N)C1c1ccc(C(C)C)cc1. The summed E-state index contributed by atoms with van der Waals surface area (Å²) in [6.45, 7) is 9.12. The summed E-state index contributed by atoms with van der Waals surface area (Å²) in [5.74, 6) is 1.13. The minimum Gasteiger partial charge on any atom is -0.310 e. The van der Waals surface area contributed by atoms with Gasteiger partial charge in [0.05, 0.1) is 0 Å². The van der Waals surface area contributed by atoms with Gasteiger partial charge in [-0.15, -0.1) is 0 Å². The summed E-state index contributed by atoms with van der Waals surface area (Å²) >= 11 is 0. The standard InChI is InChI=1S/C16H23N3O/c1-10(2)9-19-14(15(17)18-16(19)20)13-7-5-12(6-8-13)11(3)4/h5-8,10-11,14H,9H2,1-4H3,(H2,17,18,20). The molecule has 1 heterocycles. The van der Waals surface area contributed by atoms with Gasteiger partial charge in [-0.1, -0.05) is 52.0 Å². The number of nitrogens with one attached hydrogen (secondary N) is 2. The van der Waals surface area contributed by atoms with Crippen LogP contribution in [0.5, 0.6) is 0 Å². The lowest BCUT2D eigenvalue weighted by molar-refractivity contribution is 0.198. The van der Waals surface area contributed by atoms with Crippen LogP contribution in [0.4, 0.5) is 4.79 Å². The molecule has 4 heteroatoms. The monoisotopic (exact) mass is 273 g/mol. The van der Waals surface area contributed by atoms with E-state index >= 15 is 0 Å². The average molecular weight is 273 g/mol. The van der Waals surface area contributed by atoms with Crippen LogP contribution in [0.15, 0.2) is 24.3 Å². The molecule has 0 saturated carbocycles. The molecule has 1 fully saturated rings. The van der Waals surface area contributed by atoms with E-state index in [4.69, 9.17) is 5.41 Å². The Bertz CT molecular complexity index is 505. The van der Waals surface area contributed by atoms with Crippen LogP contribution in [-0.2, 0) is 0 Å². The maximum Gasteiger partial charge on any atom is 0.323 e. The summed E-state index contributed by atoms with van der Waals surface area (Å²) in [7, 11) is 0. The molecule has 1 atom stereocenters. The van der Waals surface area contributed by atoms with Crippen molar-refractivity contribution in [3.63, 3.8) is 0 Å². The first-order valence-corrected chi connectivity index (χ1v) is 7.16. The summed E-state index contributed by atoms with van der Waals surface area (Å²) in [5, 5.41) is 10.6. The first-order valence-electron chi connectivity index (χ1n) is 7.16. The summed E-state index contributed by atoms with van der Waals surface area (Å²) in [4.78, 5) is 13.7. The van der Waals surface area contributed by atoms with E-state index < -0.39 is 0 Å². The lowest BCUT2D eigenvalue weighted by Gasteiger charge is -2.25. The number of carbonyl (C=O) groups excluding carboxylic acids is 1. The Hall–Kier alpha value is -1.84. The fraction of sp³-hybridized carbons (Fsp3) is 0.500. The molecule has 1 unspecified atom stereocenters. The van der Waals surface area contributed by atoms with Crippen LogP contribution in [0.1, 0.15) is 50.8 Å². The van der Waals surface area contributed by atoms with E-state index in [1.807, 2.05) is 12.1 Å². The number of amides is 2. The zero-order valence-electron chi connectivity index (χ0n) is 12.6. The van der Waals surface area contributed by atoms with Gasteiger partial charge in [0.1, 0.15) is 11.9 Å². The topological polar surface area (TPSA) is 56.2 Å². The van der Waals surface area contributed by atoms with E-state index in [-0.39, 0.29) is 17.9 Å². The summed E-state index contributed by atoms with van der Waals surface area (Å²) < 4.78 is 0. The average Bonchev–Trinajstić information content (AvgIpc) is 2.64. The molecule has 1 saturated heterocycles. The van der Waals surface area contributed by atoms with Crippen molar-refractivity contribution >= 4 is 11.9 Å². The lowest BCUT2D eigenvalue weighted by Crippen LogP contribution is -2.33. The lowest BCUT2D eigenvalue weighted by atomic mass is 9.98. The highest BCUT2D eigenvalue weighted by atomic mass is 16.2. The van der Waals surface area contributed by atoms with E-state index in [2.05, 4.69) is 45.1 Å². The molecule has 1 aliphatic heterocycles. The van der Waals surface area contributed by atoms with Gasteiger partial charge in [-0.25, -0.2) is 4.79 Å². The van der Waals surface area contributed by atoms with Gasteiger partial charge in [-0.2, -0.15) is 0 Å². The molecule has 0 aromatic heterocycles. The van der Waals surface area contributed by atoms with Crippen molar-refractivity contribution in [1.82, 2.24) is 10.2 Å². The minimum absolute atomic E-state index is 0.165. The Morgan fingerprint density at radius 1 is 1.20 bits per heavy atom. The van der Waals surface area contributed by atoms with Crippen LogP contribution in [-0.4, -0.2) is 23.3 Å². The van der Waals surface area contributed by atoms with Gasteiger partial charge >= 0.3 is 6.03 Å². The second kappa shape index (κ2) is 5.65. The van der Waals surface area contributed by atoms with Crippen LogP contribution >= 0.6 is 0 Å². The number of nitrogens with zero attached hydrogens (tertiary/aromatic N) is 1. The summed E-state index contributed by atoms with van der Waals surface area (Å²) in [5.41, 5.74) is 2.27. The summed E-state index contributed by atoms with van der Waals surface area (Å²) in [6.07, 6.45) is 0. The number of benzene rings is 1. The molecule has 108 valence electrons. The molecule has 2 N–H and O–H groups in total. The molecule has 2 amide bonds. The Kier molecular flexibility index (Phi) is 4.12. The molecule has 0 spiro atoms. The molecule has 0 bridgehead atoms. The second-order valence-corrected chi connectivity index (χ2v) is 6.11. The van der Waals surface area contributed by atoms with Crippen LogP contribution < -0.4 is 5.32 Å². The maximum absolute atomic E-state index is 12.0. The Morgan fingerprint density at radius 3 is 2.30 bits per heavy atom. The molecule has 0 aliphatic carbocycles. The van der Waals surface area contributed by atoms with Crippen molar-refractivity contribution in [1.29, 1.82) is 5.41 Å². The minimum atomic E-state index is -0.272. The highest BCUT2D eigenvalue weighted by Crippen LogP contribution is 2.28. The van der Waals surface area contributed by atoms with Crippen molar-refractivity contribution < 1.29 is 4.79 Å². The van der Waals surface area contributed by atoms with Crippen molar-refractivity contribution in [2.45, 2.75) is 39.7 Å². The Morgan fingerprint density at radius 2 is 1.80 bits per heavy atom. The summed E-state index contributed by atoms with van der Waals surface area (Å²) in [6, 6.07) is 7.80. The second-order valence-electron chi connectivity index (χ2n) is 6.11. The van der Waals surface area contributed by atoms with E-state index in [1.165, 1.54) is 5.56 Å². The van der Waals surface area contributed by atoms with E-state index in [9.17, 15) is 4.79 Å². The number of carbonyl (C=O) groups is 1. The van der Waals surface area contributed by atoms with Gasteiger partial charge in [0.15, 0.2) is 0 Å². The molecule has 1 aliphatic rings. The number of hydrogen-bond donors (Lipinski definition) is 2. The van der Waals surface area contributed by atoms with Gasteiger partial charge in [0.2, 0.25) is 0 Å². The third kappa shape index (κ3) is 2.84. The van der Waals surface area contributed by atoms with Crippen LogP contribution in [0.25, 0.3) is 0 Å². The molecular weight excluding hydrogens is 250 g/mol. The van der Waals surface area contributed by atoms with Crippen LogP contribution in [0.3, 0.4) is 0 Å². The Balaban J connectivity index is 2.28. The maximum atomic E-state index is 12.0. The zero-order chi connectivity index (χ0) is 14.9.